The smallest absolute Gasteiger partial charge is 0.387 e. The lowest BCUT2D eigenvalue weighted by Gasteiger charge is -2.18. The number of nitrogens with zero attached hydrogens (tertiary/aromatic N) is 1. The number of rotatable bonds is 7. The Morgan fingerprint density at radius 2 is 1.69 bits per heavy atom. The minimum Gasteiger partial charge on any atom is -0.453 e. The van der Waals surface area contributed by atoms with Crippen molar-refractivity contribution in [2.24, 2.45) is 0 Å². The number of hydrogen-bond acceptors (Lipinski definition) is 5. The van der Waals surface area contributed by atoms with Crippen LogP contribution in [0.2, 0.25) is 0 Å². The van der Waals surface area contributed by atoms with Crippen molar-refractivity contribution in [2.45, 2.75) is 19.6 Å². The van der Waals surface area contributed by atoms with Crippen molar-refractivity contribution < 1.29 is 32.6 Å². The van der Waals surface area contributed by atoms with Gasteiger partial charge in [0.1, 0.15) is 12.3 Å². The van der Waals surface area contributed by atoms with Crippen molar-refractivity contribution in [2.75, 3.05) is 6.54 Å². The number of benzene rings is 2. The van der Waals surface area contributed by atoms with E-state index in [0.717, 1.165) is 0 Å². The number of alkyl halides is 2. The molecule has 1 heterocycles. The van der Waals surface area contributed by atoms with Crippen LogP contribution in [0.5, 0.6) is 5.75 Å². The first-order valence-corrected chi connectivity index (χ1v) is 8.66. The molecule has 1 amide bonds. The Bertz CT molecular complexity index is 936. The number of ketones is 1. The van der Waals surface area contributed by atoms with Crippen LogP contribution in [0.15, 0.2) is 55.1 Å². The van der Waals surface area contributed by atoms with E-state index < -0.39 is 24.5 Å². The number of esters is 1. The lowest BCUT2D eigenvalue weighted by molar-refractivity contribution is -0.146. The highest BCUT2D eigenvalue weighted by Crippen LogP contribution is 2.30. The Morgan fingerprint density at radius 3 is 2.28 bits per heavy atom. The molecule has 0 N–H and O–H groups in total. The molecule has 150 valence electrons. The van der Waals surface area contributed by atoms with E-state index in [-0.39, 0.29) is 23.8 Å². The molecule has 8 heteroatoms. The molecular formula is C21H17F2NO5. The lowest BCUT2D eigenvalue weighted by atomic mass is 10.1. The first-order chi connectivity index (χ1) is 13.8. The van der Waals surface area contributed by atoms with Crippen LogP contribution in [-0.2, 0) is 9.53 Å². The zero-order valence-electron chi connectivity index (χ0n) is 15.4. The molecule has 0 saturated heterocycles. The van der Waals surface area contributed by atoms with E-state index in [9.17, 15) is 23.2 Å². The molecule has 0 spiro atoms. The average Bonchev–Trinajstić information content (AvgIpc) is 2.92. The minimum absolute atomic E-state index is 0.0909. The Kier molecular flexibility index (Phi) is 5.72. The van der Waals surface area contributed by atoms with Crippen LogP contribution < -0.4 is 4.74 Å². The highest BCUT2D eigenvalue weighted by Gasteiger charge is 2.33. The summed E-state index contributed by atoms with van der Waals surface area (Å²) in [6, 6.07) is 11.9. The number of fused-ring (bicyclic) bond motifs is 1. The molecule has 6 nitrogen and oxygen atoms in total. The van der Waals surface area contributed by atoms with Crippen LogP contribution in [-0.4, -0.2) is 41.8 Å². The second kappa shape index (κ2) is 8.22. The van der Waals surface area contributed by atoms with Crippen molar-refractivity contribution in [3.63, 3.8) is 0 Å². The summed E-state index contributed by atoms with van der Waals surface area (Å²) in [5, 5.41) is 0. The van der Waals surface area contributed by atoms with Gasteiger partial charge in [0.15, 0.2) is 6.10 Å². The summed E-state index contributed by atoms with van der Waals surface area (Å²) in [5.74, 6) is -1.74. The van der Waals surface area contributed by atoms with Gasteiger partial charge in [-0.2, -0.15) is 8.78 Å². The molecule has 2 aromatic rings. The number of hydrogen-bond donors (Lipinski definition) is 0. The maximum atomic E-state index is 12.4. The van der Waals surface area contributed by atoms with Gasteiger partial charge in [0.2, 0.25) is 5.78 Å². The molecule has 0 saturated carbocycles. The molecule has 2 aromatic carbocycles. The van der Waals surface area contributed by atoms with Gasteiger partial charge in [-0.25, -0.2) is 0 Å². The predicted octanol–water partition coefficient (Wildman–Crippen LogP) is 3.53. The first-order valence-electron chi connectivity index (χ1n) is 8.66. The fourth-order valence-electron chi connectivity index (χ4n) is 2.95. The third-order valence-corrected chi connectivity index (χ3v) is 4.37. The first kappa shape index (κ1) is 20.2. The number of carbonyl (C=O) groups is 3. The molecule has 1 atom stereocenters. The number of Topliss-reactive ketones (excluding diaryl/α,β-unsaturated/α-hetero) is 1. The Hall–Kier alpha value is -3.55. The second-order valence-corrected chi connectivity index (χ2v) is 6.28. The Labute approximate surface area is 165 Å². The summed E-state index contributed by atoms with van der Waals surface area (Å²) in [7, 11) is 0. The van der Waals surface area contributed by atoms with Gasteiger partial charge in [0, 0.05) is 22.4 Å². The quantitative estimate of drug-likeness (QED) is 0.524. The Morgan fingerprint density at radius 1 is 1.07 bits per heavy atom. The summed E-state index contributed by atoms with van der Waals surface area (Å²) in [6.07, 6.45) is -1.13. The molecule has 1 aliphatic heterocycles. The third-order valence-electron chi connectivity index (χ3n) is 4.37. The van der Waals surface area contributed by atoms with E-state index in [4.69, 9.17) is 4.74 Å². The highest BCUT2D eigenvalue weighted by molar-refractivity contribution is 6.10. The van der Waals surface area contributed by atoms with Gasteiger partial charge >= 0.3 is 12.6 Å². The zero-order chi connectivity index (χ0) is 21.1. The maximum absolute atomic E-state index is 12.4. The molecule has 0 radical (unpaired) electrons. The van der Waals surface area contributed by atoms with Gasteiger partial charge in [-0.15, -0.1) is 0 Å². The standard InChI is InChI=1S/C21H17F2NO5/c1-12-16-5-3-4-6-17(16)20(27)24(12)11-18(25)28-13(2)19(26)14-7-9-15(10-8-14)29-21(22)23/h3-10,13,21H,1,11H2,2H3. The minimum atomic E-state index is -2.97. The van der Waals surface area contributed by atoms with Crippen LogP contribution in [0.25, 0.3) is 5.70 Å². The molecule has 29 heavy (non-hydrogen) atoms. The van der Waals surface area contributed by atoms with Crippen LogP contribution in [0.1, 0.15) is 33.2 Å². The van der Waals surface area contributed by atoms with Crippen LogP contribution in [0.3, 0.4) is 0 Å². The predicted molar refractivity (Wildman–Crippen MR) is 99.5 cm³/mol. The van der Waals surface area contributed by atoms with Gasteiger partial charge in [-0.05, 0) is 37.3 Å². The number of ether oxygens (including phenoxy) is 2. The van der Waals surface area contributed by atoms with Crippen molar-refractivity contribution in [1.82, 2.24) is 4.90 Å². The van der Waals surface area contributed by atoms with Gasteiger partial charge in [-0.3, -0.25) is 19.3 Å². The summed E-state index contributed by atoms with van der Waals surface area (Å²) in [6.45, 7) is 1.87. The van der Waals surface area contributed by atoms with Gasteiger partial charge in [-0.1, -0.05) is 24.8 Å². The topological polar surface area (TPSA) is 72.9 Å². The second-order valence-electron chi connectivity index (χ2n) is 6.28. The largest absolute Gasteiger partial charge is 0.453 e. The third kappa shape index (κ3) is 4.31. The van der Waals surface area contributed by atoms with E-state index in [0.29, 0.717) is 16.8 Å². The van der Waals surface area contributed by atoms with Crippen LogP contribution in [0, 0.1) is 0 Å². The molecule has 0 bridgehead atoms. The van der Waals surface area contributed by atoms with Crippen LogP contribution in [0.4, 0.5) is 8.78 Å². The van der Waals surface area contributed by atoms with E-state index in [1.807, 2.05) is 0 Å². The van der Waals surface area contributed by atoms with Crippen molar-refractivity contribution in [3.05, 3.63) is 71.8 Å². The normalized spacial score (nSPS) is 14.0. The number of amides is 1. The molecule has 3 rings (SSSR count). The van der Waals surface area contributed by atoms with E-state index >= 15 is 0 Å². The fourth-order valence-corrected chi connectivity index (χ4v) is 2.95. The highest BCUT2D eigenvalue weighted by atomic mass is 19.3. The van der Waals surface area contributed by atoms with Crippen molar-refractivity contribution >= 4 is 23.4 Å². The van der Waals surface area contributed by atoms with Gasteiger partial charge in [0.25, 0.3) is 5.91 Å². The lowest BCUT2D eigenvalue weighted by Crippen LogP contribution is -2.34. The molecule has 1 aliphatic rings. The van der Waals surface area contributed by atoms with E-state index in [1.54, 1.807) is 24.3 Å². The van der Waals surface area contributed by atoms with Crippen molar-refractivity contribution in [1.29, 1.82) is 0 Å². The van der Waals surface area contributed by atoms with E-state index in [2.05, 4.69) is 11.3 Å². The summed E-state index contributed by atoms with van der Waals surface area (Å²) in [5.41, 5.74) is 1.64. The average molecular weight is 401 g/mol. The molecule has 0 aliphatic carbocycles. The maximum Gasteiger partial charge on any atom is 0.387 e. The zero-order valence-corrected chi connectivity index (χ0v) is 15.4. The molecule has 0 aromatic heterocycles. The van der Waals surface area contributed by atoms with Gasteiger partial charge in [0.05, 0.1) is 0 Å². The summed E-state index contributed by atoms with van der Waals surface area (Å²) in [4.78, 5) is 38.3. The molecule has 1 unspecified atom stereocenters. The van der Waals surface area contributed by atoms with Gasteiger partial charge < -0.3 is 9.47 Å². The molecular weight excluding hydrogens is 384 g/mol. The van der Waals surface area contributed by atoms with Crippen LogP contribution >= 0.6 is 0 Å². The Balaban J connectivity index is 1.60. The summed E-state index contributed by atoms with van der Waals surface area (Å²) >= 11 is 0. The number of carbonyl (C=O) groups excluding carboxylic acids is 3. The SMILES string of the molecule is C=C1c2ccccc2C(=O)N1CC(=O)OC(C)C(=O)c1ccc(OC(F)F)cc1. The van der Waals surface area contributed by atoms with Crippen molar-refractivity contribution in [3.8, 4) is 5.75 Å². The fraction of sp³-hybridized carbons (Fsp3) is 0.190. The summed E-state index contributed by atoms with van der Waals surface area (Å²) < 4.78 is 33.7. The van der Waals surface area contributed by atoms with E-state index in [1.165, 1.54) is 36.1 Å². The number of halogens is 2. The molecule has 0 fully saturated rings. The monoisotopic (exact) mass is 401 g/mol.